The smallest absolute Gasteiger partial charge is 0.265 e. The van der Waals surface area contributed by atoms with Crippen molar-refractivity contribution < 1.29 is 27.9 Å². The van der Waals surface area contributed by atoms with Crippen molar-refractivity contribution in [1.82, 2.24) is 15.1 Å². The van der Waals surface area contributed by atoms with Crippen molar-refractivity contribution >= 4 is 17.7 Å². The lowest BCUT2D eigenvalue weighted by atomic mass is 9.92. The van der Waals surface area contributed by atoms with Crippen molar-refractivity contribution in [3.8, 4) is 5.75 Å². The van der Waals surface area contributed by atoms with Gasteiger partial charge in [-0.3, -0.25) is 14.4 Å². The molecule has 1 aliphatic heterocycles. The van der Waals surface area contributed by atoms with Gasteiger partial charge in [-0.15, -0.1) is 0 Å². The molecular formula is C26H30F2N4O4. The number of hydrogen-bond donors (Lipinski definition) is 2. The summed E-state index contributed by atoms with van der Waals surface area (Å²) in [5.41, 5.74) is 5.73. The molecule has 1 saturated carbocycles. The van der Waals surface area contributed by atoms with Gasteiger partial charge in [0.1, 0.15) is 17.4 Å². The van der Waals surface area contributed by atoms with Crippen LogP contribution in [0.3, 0.4) is 0 Å². The monoisotopic (exact) mass is 500 g/mol. The van der Waals surface area contributed by atoms with Gasteiger partial charge in [-0.1, -0.05) is 18.2 Å². The molecule has 3 amide bonds. The number of nitrogens with zero attached hydrogens (tertiary/aromatic N) is 2. The lowest BCUT2D eigenvalue weighted by Gasteiger charge is -2.33. The van der Waals surface area contributed by atoms with Crippen LogP contribution in [0.5, 0.6) is 5.75 Å². The van der Waals surface area contributed by atoms with Crippen LogP contribution in [0.1, 0.15) is 43.0 Å². The minimum absolute atomic E-state index is 0.0222. The summed E-state index contributed by atoms with van der Waals surface area (Å²) in [6.45, 7) is 1.66. The second-order valence-electron chi connectivity index (χ2n) is 9.26. The highest BCUT2D eigenvalue weighted by Gasteiger charge is 2.45. The van der Waals surface area contributed by atoms with Crippen molar-refractivity contribution in [1.29, 1.82) is 0 Å². The van der Waals surface area contributed by atoms with E-state index in [1.807, 2.05) is 6.07 Å². The van der Waals surface area contributed by atoms with Crippen LogP contribution < -0.4 is 15.8 Å². The molecule has 2 aromatic rings. The predicted octanol–water partition coefficient (Wildman–Crippen LogP) is 2.43. The van der Waals surface area contributed by atoms with Gasteiger partial charge in [-0.2, -0.15) is 0 Å². The third-order valence-electron chi connectivity index (χ3n) is 6.58. The maximum Gasteiger partial charge on any atom is 0.265 e. The Bertz CT molecular complexity index is 1090. The molecule has 192 valence electrons. The van der Waals surface area contributed by atoms with E-state index in [0.29, 0.717) is 24.7 Å². The molecular weight excluding hydrogens is 470 g/mol. The molecule has 4 rings (SSSR count). The summed E-state index contributed by atoms with van der Waals surface area (Å²) in [5, 5.41) is 2.94. The molecule has 0 radical (unpaired) electrons. The van der Waals surface area contributed by atoms with Crippen molar-refractivity contribution in [3.05, 3.63) is 65.7 Å². The fourth-order valence-corrected chi connectivity index (χ4v) is 4.72. The Morgan fingerprint density at radius 1 is 0.972 bits per heavy atom. The first-order valence-corrected chi connectivity index (χ1v) is 12.1. The molecule has 2 aliphatic rings. The zero-order valence-electron chi connectivity index (χ0n) is 20.0. The van der Waals surface area contributed by atoms with E-state index in [1.54, 1.807) is 31.2 Å². The molecule has 0 spiro atoms. The molecule has 2 fully saturated rings. The Labute approximate surface area is 208 Å². The molecule has 8 nitrogen and oxygen atoms in total. The van der Waals surface area contributed by atoms with Crippen LogP contribution in [0.4, 0.5) is 8.78 Å². The molecule has 10 heteroatoms. The van der Waals surface area contributed by atoms with Gasteiger partial charge in [0.15, 0.2) is 12.3 Å². The van der Waals surface area contributed by atoms with E-state index in [9.17, 15) is 23.2 Å². The number of ether oxygens (including phenoxy) is 1. The third kappa shape index (κ3) is 5.81. The van der Waals surface area contributed by atoms with Gasteiger partial charge in [0.25, 0.3) is 17.7 Å². The van der Waals surface area contributed by atoms with Gasteiger partial charge in [0.2, 0.25) is 0 Å². The van der Waals surface area contributed by atoms with E-state index in [0.717, 1.165) is 25.0 Å². The van der Waals surface area contributed by atoms with E-state index in [2.05, 4.69) is 5.32 Å². The van der Waals surface area contributed by atoms with Crippen LogP contribution in [0.2, 0.25) is 0 Å². The van der Waals surface area contributed by atoms with E-state index in [4.69, 9.17) is 10.5 Å². The van der Waals surface area contributed by atoms with Crippen molar-refractivity contribution in [3.63, 3.8) is 0 Å². The fraction of sp³-hybridized carbons (Fsp3) is 0.423. The largest absolute Gasteiger partial charge is 0.481 e. The van der Waals surface area contributed by atoms with Gasteiger partial charge < -0.3 is 25.6 Å². The zero-order chi connectivity index (χ0) is 25.8. The second-order valence-corrected chi connectivity index (χ2v) is 9.26. The minimum Gasteiger partial charge on any atom is -0.481 e. The summed E-state index contributed by atoms with van der Waals surface area (Å²) < 4.78 is 33.4. The van der Waals surface area contributed by atoms with E-state index < -0.39 is 41.6 Å². The third-order valence-corrected chi connectivity index (χ3v) is 6.58. The molecule has 0 bridgehead atoms. The Morgan fingerprint density at radius 2 is 1.58 bits per heavy atom. The highest BCUT2D eigenvalue weighted by Crippen LogP contribution is 2.24. The number of hydrogen-bond acceptors (Lipinski definition) is 5. The number of para-hydroxylation sites is 1. The van der Waals surface area contributed by atoms with E-state index in [-0.39, 0.29) is 30.7 Å². The molecule has 36 heavy (non-hydrogen) atoms. The number of carbonyl (C=O) groups is 3. The van der Waals surface area contributed by atoms with Crippen LogP contribution in [0.25, 0.3) is 0 Å². The SMILES string of the molecule is CC(Oc1ccccc1)C(=O)N1CCN(C(=O)c2cc(F)cc(F)c2)C1C(=O)NC1CCC(N)CC1. The first kappa shape index (κ1) is 25.6. The summed E-state index contributed by atoms with van der Waals surface area (Å²) in [5.74, 6) is -3.08. The van der Waals surface area contributed by atoms with Crippen LogP contribution in [0, 0.1) is 11.6 Å². The number of rotatable bonds is 6. The zero-order valence-corrected chi connectivity index (χ0v) is 20.0. The molecule has 2 aromatic carbocycles. The molecule has 2 atom stereocenters. The lowest BCUT2D eigenvalue weighted by molar-refractivity contribution is -0.146. The summed E-state index contributed by atoms with van der Waals surface area (Å²) in [6.07, 6.45) is 0.663. The van der Waals surface area contributed by atoms with Crippen LogP contribution >= 0.6 is 0 Å². The summed E-state index contributed by atoms with van der Waals surface area (Å²) in [6, 6.07) is 11.2. The van der Waals surface area contributed by atoms with Crippen LogP contribution in [-0.4, -0.2) is 65.0 Å². The molecule has 2 unspecified atom stereocenters. The van der Waals surface area contributed by atoms with E-state index >= 15 is 0 Å². The number of carbonyl (C=O) groups excluding carboxylic acids is 3. The maximum atomic E-state index is 13.8. The average Bonchev–Trinajstić information content (AvgIpc) is 3.29. The summed E-state index contributed by atoms with van der Waals surface area (Å²) in [4.78, 5) is 42.5. The predicted molar refractivity (Wildman–Crippen MR) is 128 cm³/mol. The highest BCUT2D eigenvalue weighted by molar-refractivity contribution is 5.99. The quantitative estimate of drug-likeness (QED) is 0.634. The number of benzene rings is 2. The summed E-state index contributed by atoms with van der Waals surface area (Å²) >= 11 is 0. The van der Waals surface area contributed by atoms with Gasteiger partial charge >= 0.3 is 0 Å². The first-order chi connectivity index (χ1) is 17.2. The van der Waals surface area contributed by atoms with Gasteiger partial charge in [0.05, 0.1) is 0 Å². The van der Waals surface area contributed by atoms with Gasteiger partial charge in [-0.25, -0.2) is 8.78 Å². The Kier molecular flexibility index (Phi) is 7.83. The Balaban J connectivity index is 1.57. The van der Waals surface area contributed by atoms with Gasteiger partial charge in [0, 0.05) is 36.8 Å². The minimum atomic E-state index is -1.28. The Hall–Kier alpha value is -3.53. The van der Waals surface area contributed by atoms with Gasteiger partial charge in [-0.05, 0) is 56.9 Å². The van der Waals surface area contributed by atoms with Crippen molar-refractivity contribution in [2.45, 2.75) is 57.0 Å². The number of halogens is 2. The maximum absolute atomic E-state index is 13.8. The number of nitrogens with one attached hydrogen (secondary N) is 1. The molecule has 1 heterocycles. The summed E-state index contributed by atoms with van der Waals surface area (Å²) in [7, 11) is 0. The molecule has 0 aromatic heterocycles. The van der Waals surface area contributed by atoms with Crippen molar-refractivity contribution in [2.24, 2.45) is 5.73 Å². The first-order valence-electron chi connectivity index (χ1n) is 12.1. The molecule has 3 N–H and O–H groups in total. The Morgan fingerprint density at radius 3 is 2.22 bits per heavy atom. The normalized spacial score (nSPS) is 22.7. The van der Waals surface area contributed by atoms with Crippen LogP contribution in [-0.2, 0) is 9.59 Å². The molecule has 1 saturated heterocycles. The standard InChI is InChI=1S/C26H30F2N4O4/c1-16(36-22-5-3-2-4-6-22)25(34)31-11-12-32(26(35)17-13-18(27)15-19(28)14-17)24(31)23(33)30-21-9-7-20(29)8-10-21/h2-6,13-16,20-21,24H,7-12,29H2,1H3,(H,30,33). The van der Waals surface area contributed by atoms with Crippen molar-refractivity contribution in [2.75, 3.05) is 13.1 Å². The lowest BCUT2D eigenvalue weighted by Crippen LogP contribution is -2.57. The second kappa shape index (κ2) is 11.0. The topological polar surface area (TPSA) is 105 Å². The van der Waals surface area contributed by atoms with E-state index in [1.165, 1.54) is 9.80 Å². The molecule has 1 aliphatic carbocycles. The highest BCUT2D eigenvalue weighted by atomic mass is 19.1. The average molecular weight is 501 g/mol. The fourth-order valence-electron chi connectivity index (χ4n) is 4.72. The van der Waals surface area contributed by atoms with Crippen LogP contribution in [0.15, 0.2) is 48.5 Å². The number of amides is 3. The number of nitrogens with two attached hydrogens (primary N) is 1.